The smallest absolute Gasteiger partial charge is 0.291 e. The first-order valence-electron chi connectivity index (χ1n) is 7.57. The van der Waals surface area contributed by atoms with Gasteiger partial charge in [-0.2, -0.15) is 0 Å². The number of carbonyl (C=O) groups is 2. The number of furan rings is 1. The number of amides is 1. The van der Waals surface area contributed by atoms with Crippen LogP contribution in [-0.4, -0.2) is 18.2 Å². The molecule has 3 aromatic rings. The standard InChI is InChI=1S/C19H15ClN2O3/c20-14-5-1-13(2-6-14)17-9-10-18(25-17)19(24)22-15-7-3-12(4-8-15)16(23)11-21/h1-10H,11,21H2,(H,22,24). The number of nitrogens with two attached hydrogens (primary N) is 1. The van der Waals surface area contributed by atoms with E-state index >= 15 is 0 Å². The summed E-state index contributed by atoms with van der Waals surface area (Å²) in [6.45, 7) is -0.0500. The van der Waals surface area contributed by atoms with E-state index in [-0.39, 0.29) is 24.0 Å². The Balaban J connectivity index is 1.71. The number of hydrogen-bond acceptors (Lipinski definition) is 4. The Morgan fingerprint density at radius 1 is 0.960 bits per heavy atom. The molecule has 0 bridgehead atoms. The van der Waals surface area contributed by atoms with Crippen LogP contribution >= 0.6 is 11.6 Å². The fraction of sp³-hybridized carbons (Fsp3) is 0.0526. The molecule has 3 N–H and O–H groups in total. The summed E-state index contributed by atoms with van der Waals surface area (Å²) >= 11 is 5.86. The molecule has 0 spiro atoms. The van der Waals surface area contributed by atoms with Crippen molar-refractivity contribution in [3.63, 3.8) is 0 Å². The van der Waals surface area contributed by atoms with E-state index < -0.39 is 0 Å². The van der Waals surface area contributed by atoms with Crippen LogP contribution in [0.4, 0.5) is 5.69 Å². The zero-order chi connectivity index (χ0) is 17.8. The van der Waals surface area contributed by atoms with Gasteiger partial charge in [0.1, 0.15) is 5.76 Å². The molecule has 0 aliphatic rings. The predicted octanol–water partition coefficient (Wildman–Crippen LogP) is 3.99. The molecule has 3 rings (SSSR count). The SMILES string of the molecule is NCC(=O)c1ccc(NC(=O)c2ccc(-c3ccc(Cl)cc3)o2)cc1. The number of Topliss-reactive ketones (excluding diaryl/α,β-unsaturated/α-hetero) is 1. The molecule has 1 heterocycles. The lowest BCUT2D eigenvalue weighted by Crippen LogP contribution is -2.14. The average molecular weight is 355 g/mol. The summed E-state index contributed by atoms with van der Waals surface area (Å²) in [4.78, 5) is 23.8. The summed E-state index contributed by atoms with van der Waals surface area (Å²) in [5.74, 6) is 0.229. The first kappa shape index (κ1) is 17.0. The first-order valence-corrected chi connectivity index (χ1v) is 7.95. The molecule has 0 saturated carbocycles. The van der Waals surface area contributed by atoms with Crippen molar-refractivity contribution in [1.82, 2.24) is 0 Å². The van der Waals surface area contributed by atoms with E-state index in [9.17, 15) is 9.59 Å². The number of halogens is 1. The summed E-state index contributed by atoms with van der Waals surface area (Å²) in [5, 5.41) is 3.35. The second-order valence-corrected chi connectivity index (χ2v) is 5.77. The lowest BCUT2D eigenvalue weighted by atomic mass is 10.1. The molecule has 1 amide bonds. The summed E-state index contributed by atoms with van der Waals surface area (Å²) in [5.41, 5.74) is 7.21. The Labute approximate surface area is 149 Å². The Hall–Kier alpha value is -2.89. The van der Waals surface area contributed by atoms with Crippen molar-refractivity contribution in [2.24, 2.45) is 5.73 Å². The highest BCUT2D eigenvalue weighted by Gasteiger charge is 2.13. The van der Waals surface area contributed by atoms with Gasteiger partial charge in [0, 0.05) is 21.8 Å². The van der Waals surface area contributed by atoms with E-state index in [0.29, 0.717) is 22.0 Å². The minimum atomic E-state index is -0.377. The van der Waals surface area contributed by atoms with Crippen molar-refractivity contribution in [2.75, 3.05) is 11.9 Å². The van der Waals surface area contributed by atoms with Crippen LogP contribution in [0.3, 0.4) is 0 Å². The summed E-state index contributed by atoms with van der Waals surface area (Å²) in [6, 6.07) is 17.0. The zero-order valence-electron chi connectivity index (χ0n) is 13.2. The van der Waals surface area contributed by atoms with Crippen LogP contribution in [0.25, 0.3) is 11.3 Å². The fourth-order valence-electron chi connectivity index (χ4n) is 2.28. The maximum atomic E-state index is 12.3. The van der Waals surface area contributed by atoms with Crippen LogP contribution in [0.15, 0.2) is 65.1 Å². The molecule has 25 heavy (non-hydrogen) atoms. The van der Waals surface area contributed by atoms with Gasteiger partial charge in [-0.3, -0.25) is 9.59 Å². The van der Waals surface area contributed by atoms with Gasteiger partial charge >= 0.3 is 0 Å². The maximum Gasteiger partial charge on any atom is 0.291 e. The fourth-order valence-corrected chi connectivity index (χ4v) is 2.41. The van der Waals surface area contributed by atoms with E-state index in [4.69, 9.17) is 21.8 Å². The number of hydrogen-bond donors (Lipinski definition) is 2. The number of carbonyl (C=O) groups excluding carboxylic acids is 2. The van der Waals surface area contributed by atoms with Crippen molar-refractivity contribution in [3.05, 3.63) is 77.0 Å². The highest BCUT2D eigenvalue weighted by molar-refractivity contribution is 6.30. The van der Waals surface area contributed by atoms with Crippen molar-refractivity contribution < 1.29 is 14.0 Å². The summed E-state index contributed by atoms with van der Waals surface area (Å²) < 4.78 is 5.60. The molecule has 1 aromatic heterocycles. The third-order valence-corrected chi connectivity index (χ3v) is 3.86. The number of anilines is 1. The second kappa shape index (κ2) is 7.34. The molecule has 6 heteroatoms. The molecule has 0 aliphatic heterocycles. The molecular formula is C19H15ClN2O3. The van der Waals surface area contributed by atoms with Gasteiger partial charge in [0.15, 0.2) is 11.5 Å². The Bertz CT molecular complexity index is 899. The Morgan fingerprint density at radius 2 is 1.64 bits per heavy atom. The van der Waals surface area contributed by atoms with Crippen LogP contribution in [0, 0.1) is 0 Å². The summed E-state index contributed by atoms with van der Waals surface area (Å²) in [6.07, 6.45) is 0. The number of benzene rings is 2. The number of rotatable bonds is 5. The molecule has 0 radical (unpaired) electrons. The van der Waals surface area contributed by atoms with Crippen LogP contribution in [0.5, 0.6) is 0 Å². The van der Waals surface area contributed by atoms with Gasteiger partial charge in [0.2, 0.25) is 0 Å². The van der Waals surface area contributed by atoms with Gasteiger partial charge in [-0.15, -0.1) is 0 Å². The predicted molar refractivity (Wildman–Crippen MR) is 96.9 cm³/mol. The van der Waals surface area contributed by atoms with Gasteiger partial charge < -0.3 is 15.5 Å². The van der Waals surface area contributed by atoms with Gasteiger partial charge in [0.05, 0.1) is 6.54 Å². The molecule has 0 saturated heterocycles. The van der Waals surface area contributed by atoms with E-state index in [0.717, 1.165) is 5.56 Å². The normalized spacial score (nSPS) is 10.5. The van der Waals surface area contributed by atoms with Crippen LogP contribution in [0.1, 0.15) is 20.9 Å². The van der Waals surface area contributed by atoms with E-state index in [1.807, 2.05) is 12.1 Å². The number of ketones is 1. The summed E-state index contributed by atoms with van der Waals surface area (Å²) in [7, 11) is 0. The van der Waals surface area contributed by atoms with Crippen molar-refractivity contribution in [2.45, 2.75) is 0 Å². The highest BCUT2D eigenvalue weighted by Crippen LogP contribution is 2.24. The molecule has 2 aromatic carbocycles. The van der Waals surface area contributed by atoms with Crippen molar-refractivity contribution >= 4 is 29.0 Å². The maximum absolute atomic E-state index is 12.3. The third-order valence-electron chi connectivity index (χ3n) is 3.61. The minimum Gasteiger partial charge on any atom is -0.451 e. The molecule has 0 unspecified atom stereocenters. The monoisotopic (exact) mass is 354 g/mol. The van der Waals surface area contributed by atoms with E-state index in [1.54, 1.807) is 48.5 Å². The van der Waals surface area contributed by atoms with Gasteiger partial charge in [-0.05, 0) is 60.7 Å². The quantitative estimate of drug-likeness (QED) is 0.678. The molecule has 0 fully saturated rings. The van der Waals surface area contributed by atoms with Gasteiger partial charge in [-0.1, -0.05) is 11.6 Å². The highest BCUT2D eigenvalue weighted by atomic mass is 35.5. The minimum absolute atomic E-state index is 0.0500. The van der Waals surface area contributed by atoms with Crippen LogP contribution in [0.2, 0.25) is 5.02 Å². The van der Waals surface area contributed by atoms with Gasteiger partial charge in [-0.25, -0.2) is 0 Å². The van der Waals surface area contributed by atoms with E-state index in [2.05, 4.69) is 5.32 Å². The largest absolute Gasteiger partial charge is 0.451 e. The lowest BCUT2D eigenvalue weighted by Gasteiger charge is -2.04. The third kappa shape index (κ3) is 3.96. The molecule has 0 atom stereocenters. The van der Waals surface area contributed by atoms with Crippen LogP contribution < -0.4 is 11.1 Å². The average Bonchev–Trinajstić information content (AvgIpc) is 3.12. The second-order valence-electron chi connectivity index (χ2n) is 5.33. The first-order chi connectivity index (χ1) is 12.1. The molecule has 0 aliphatic carbocycles. The number of nitrogens with one attached hydrogen (secondary N) is 1. The van der Waals surface area contributed by atoms with Gasteiger partial charge in [0.25, 0.3) is 5.91 Å². The van der Waals surface area contributed by atoms with Crippen LogP contribution in [-0.2, 0) is 0 Å². The Morgan fingerprint density at radius 3 is 2.28 bits per heavy atom. The van der Waals surface area contributed by atoms with E-state index in [1.165, 1.54) is 0 Å². The Kier molecular flexibility index (Phi) is 4.97. The lowest BCUT2D eigenvalue weighted by molar-refractivity contribution is 0.0992. The topological polar surface area (TPSA) is 85.3 Å². The molecule has 5 nitrogen and oxygen atoms in total. The zero-order valence-corrected chi connectivity index (χ0v) is 13.9. The molecule has 126 valence electrons. The van der Waals surface area contributed by atoms with Crippen molar-refractivity contribution in [3.8, 4) is 11.3 Å². The van der Waals surface area contributed by atoms with Crippen molar-refractivity contribution in [1.29, 1.82) is 0 Å². The molecular weight excluding hydrogens is 340 g/mol.